The number of benzene rings is 2. The maximum Gasteiger partial charge on any atom is 0.331 e. The Morgan fingerprint density at radius 1 is 0.792 bits per heavy atom. The van der Waals surface area contributed by atoms with Gasteiger partial charge in [-0.3, -0.25) is 4.79 Å². The zero-order chi connectivity index (χ0) is 35.1. The van der Waals surface area contributed by atoms with E-state index in [2.05, 4.69) is 0 Å². The van der Waals surface area contributed by atoms with Crippen molar-refractivity contribution in [3.05, 3.63) is 53.6 Å². The number of carbonyl (C=O) groups is 2. The summed E-state index contributed by atoms with van der Waals surface area (Å²) < 4.78 is 33.2. The van der Waals surface area contributed by atoms with E-state index in [1.165, 1.54) is 42.5 Å². The quantitative estimate of drug-likeness (QED) is 0.0702. The first kappa shape index (κ1) is 36.8. The number of hydrogen-bond donors (Lipinski definition) is 9. The standard InChI is InChI=1S/C31H38O17/c1-14(33)44-13-22-24(39)25(40)26(41)31(46-22)48-29-27(42)30(43-9-8-16-3-6-18(35)20(37)11-16)45-21(12-32)28(29)47-23(38)7-4-15-2-5-17(34)19(36)10-15/h2-7,10-11,21-22,24-32,34-37,39-42H,8-9,12-13H2,1H3/b7-4+. The van der Waals surface area contributed by atoms with Crippen molar-refractivity contribution in [2.45, 2.75) is 74.8 Å². The molecule has 0 amide bonds. The molecule has 48 heavy (non-hydrogen) atoms. The van der Waals surface area contributed by atoms with Gasteiger partial charge in [0, 0.05) is 13.0 Å². The van der Waals surface area contributed by atoms with Gasteiger partial charge in [0.05, 0.1) is 13.2 Å². The molecule has 2 aromatic rings. The zero-order valence-electron chi connectivity index (χ0n) is 25.5. The highest BCUT2D eigenvalue weighted by Crippen LogP contribution is 2.32. The van der Waals surface area contributed by atoms with E-state index in [4.69, 9.17) is 28.4 Å². The molecule has 2 aliphatic heterocycles. The number of phenols is 4. The third-order valence-corrected chi connectivity index (χ3v) is 7.58. The van der Waals surface area contributed by atoms with Gasteiger partial charge in [-0.25, -0.2) is 4.79 Å². The number of ether oxygens (including phenoxy) is 6. The van der Waals surface area contributed by atoms with Crippen LogP contribution in [-0.4, -0.2) is 139 Å². The molecule has 2 aromatic carbocycles. The maximum atomic E-state index is 12.9. The summed E-state index contributed by atoms with van der Waals surface area (Å²) in [4.78, 5) is 24.2. The fourth-order valence-electron chi connectivity index (χ4n) is 5.00. The lowest BCUT2D eigenvalue weighted by atomic mass is 9.96. The predicted molar refractivity (Wildman–Crippen MR) is 158 cm³/mol. The molecule has 2 heterocycles. The second kappa shape index (κ2) is 16.4. The van der Waals surface area contributed by atoms with Crippen LogP contribution in [0.15, 0.2) is 42.5 Å². The van der Waals surface area contributed by atoms with E-state index in [0.717, 1.165) is 13.0 Å². The molecule has 17 nitrogen and oxygen atoms in total. The van der Waals surface area contributed by atoms with E-state index in [-0.39, 0.29) is 30.3 Å². The van der Waals surface area contributed by atoms with Crippen molar-refractivity contribution in [3.8, 4) is 23.0 Å². The molecule has 4 rings (SSSR count). The van der Waals surface area contributed by atoms with Gasteiger partial charge in [0.25, 0.3) is 0 Å². The minimum atomic E-state index is -1.92. The topological polar surface area (TPSA) is 272 Å². The Morgan fingerprint density at radius 3 is 2.10 bits per heavy atom. The Balaban J connectivity index is 1.55. The third kappa shape index (κ3) is 9.10. The van der Waals surface area contributed by atoms with E-state index in [9.17, 15) is 55.5 Å². The largest absolute Gasteiger partial charge is 0.504 e. The van der Waals surface area contributed by atoms with Gasteiger partial charge in [0.2, 0.25) is 0 Å². The zero-order valence-corrected chi connectivity index (χ0v) is 25.5. The Morgan fingerprint density at radius 2 is 1.46 bits per heavy atom. The lowest BCUT2D eigenvalue weighted by Crippen LogP contribution is -2.65. The smallest absolute Gasteiger partial charge is 0.331 e. The molecule has 9 N–H and O–H groups in total. The molecule has 10 unspecified atom stereocenters. The first-order valence-electron chi connectivity index (χ1n) is 14.7. The second-order valence-electron chi connectivity index (χ2n) is 11.1. The number of aliphatic hydroxyl groups is 5. The summed E-state index contributed by atoms with van der Waals surface area (Å²) in [6, 6.07) is 7.85. The van der Waals surface area contributed by atoms with Gasteiger partial charge >= 0.3 is 11.9 Å². The van der Waals surface area contributed by atoms with Crippen LogP contribution in [0.2, 0.25) is 0 Å². The number of phenolic OH excluding ortho intramolecular Hbond substituents is 4. The highest BCUT2D eigenvalue weighted by Gasteiger charge is 2.52. The minimum Gasteiger partial charge on any atom is -0.504 e. The van der Waals surface area contributed by atoms with Crippen molar-refractivity contribution in [1.82, 2.24) is 0 Å². The Hall–Kier alpha value is -4.04. The van der Waals surface area contributed by atoms with Gasteiger partial charge in [-0.05, 0) is 47.9 Å². The van der Waals surface area contributed by atoms with Crippen LogP contribution in [0.25, 0.3) is 6.08 Å². The predicted octanol–water partition coefficient (Wildman–Crippen LogP) is -1.47. The Bertz CT molecular complexity index is 1430. The van der Waals surface area contributed by atoms with E-state index < -0.39 is 92.3 Å². The summed E-state index contributed by atoms with van der Waals surface area (Å²) in [5, 5.41) is 91.5. The van der Waals surface area contributed by atoms with Crippen molar-refractivity contribution >= 4 is 18.0 Å². The summed E-state index contributed by atoms with van der Waals surface area (Å²) in [5.41, 5.74) is 0.849. The molecular formula is C31H38O17. The van der Waals surface area contributed by atoms with Gasteiger partial charge in [-0.1, -0.05) is 12.1 Å². The highest BCUT2D eigenvalue weighted by atomic mass is 16.7. The first-order chi connectivity index (χ1) is 22.8. The number of aromatic hydroxyl groups is 4. The summed E-state index contributed by atoms with van der Waals surface area (Å²) in [7, 11) is 0. The first-order valence-corrected chi connectivity index (χ1v) is 14.7. The molecule has 0 radical (unpaired) electrons. The molecule has 264 valence electrons. The lowest BCUT2D eigenvalue weighted by Gasteiger charge is -2.46. The molecule has 2 saturated heterocycles. The minimum absolute atomic E-state index is 0.124. The lowest BCUT2D eigenvalue weighted by molar-refractivity contribution is -0.360. The number of carbonyl (C=O) groups excluding carboxylic acids is 2. The summed E-state index contributed by atoms with van der Waals surface area (Å²) in [6.45, 7) is -0.355. The van der Waals surface area contributed by atoms with Crippen molar-refractivity contribution in [1.29, 1.82) is 0 Å². The van der Waals surface area contributed by atoms with E-state index in [1.807, 2.05) is 0 Å². The monoisotopic (exact) mass is 682 g/mol. The maximum absolute atomic E-state index is 12.9. The Labute approximate surface area is 273 Å². The van der Waals surface area contributed by atoms with Crippen molar-refractivity contribution in [3.63, 3.8) is 0 Å². The van der Waals surface area contributed by atoms with Crippen molar-refractivity contribution in [2.24, 2.45) is 0 Å². The van der Waals surface area contributed by atoms with Crippen LogP contribution in [0, 0.1) is 0 Å². The average molecular weight is 683 g/mol. The summed E-state index contributed by atoms with van der Waals surface area (Å²) >= 11 is 0. The fourth-order valence-corrected chi connectivity index (χ4v) is 5.00. The SMILES string of the molecule is CC(=O)OCC1OC(OC2C(O)C(OCCc3ccc(O)c(O)c3)OC(CO)C2OC(=O)/C=C/c2ccc(O)c(O)c2)C(O)C(O)C1O. The van der Waals surface area contributed by atoms with Crippen LogP contribution in [-0.2, 0) is 44.4 Å². The molecule has 2 aliphatic rings. The fraction of sp³-hybridized carbons (Fsp3) is 0.484. The number of hydrogen-bond acceptors (Lipinski definition) is 17. The van der Waals surface area contributed by atoms with Crippen LogP contribution in [0.4, 0.5) is 0 Å². The highest BCUT2D eigenvalue weighted by molar-refractivity contribution is 5.87. The van der Waals surface area contributed by atoms with Crippen LogP contribution in [0.3, 0.4) is 0 Å². The second-order valence-corrected chi connectivity index (χ2v) is 11.1. The third-order valence-electron chi connectivity index (χ3n) is 7.58. The van der Waals surface area contributed by atoms with Crippen LogP contribution >= 0.6 is 0 Å². The molecule has 0 saturated carbocycles. The summed E-state index contributed by atoms with van der Waals surface area (Å²) in [6.07, 6.45) is -14.4. The molecule has 0 aliphatic carbocycles. The molecular weight excluding hydrogens is 644 g/mol. The van der Waals surface area contributed by atoms with Gasteiger partial charge in [-0.2, -0.15) is 0 Å². The molecule has 0 spiro atoms. The van der Waals surface area contributed by atoms with E-state index in [1.54, 1.807) is 0 Å². The summed E-state index contributed by atoms with van der Waals surface area (Å²) in [5.74, 6) is -3.27. The van der Waals surface area contributed by atoms with Crippen LogP contribution < -0.4 is 0 Å². The molecule has 17 heteroatoms. The van der Waals surface area contributed by atoms with Crippen molar-refractivity contribution in [2.75, 3.05) is 19.8 Å². The Kier molecular flexibility index (Phi) is 12.6. The molecule has 0 bridgehead atoms. The van der Waals surface area contributed by atoms with Crippen LogP contribution in [0.5, 0.6) is 23.0 Å². The number of esters is 2. The van der Waals surface area contributed by atoms with E-state index in [0.29, 0.717) is 11.1 Å². The van der Waals surface area contributed by atoms with Crippen LogP contribution in [0.1, 0.15) is 18.1 Å². The van der Waals surface area contributed by atoms with Gasteiger partial charge in [0.15, 0.2) is 41.7 Å². The number of rotatable bonds is 12. The van der Waals surface area contributed by atoms with Crippen molar-refractivity contribution < 1.29 is 84.0 Å². The van der Waals surface area contributed by atoms with Gasteiger partial charge < -0.3 is 74.4 Å². The van der Waals surface area contributed by atoms with Gasteiger partial charge in [-0.15, -0.1) is 0 Å². The molecule has 2 fully saturated rings. The van der Waals surface area contributed by atoms with Gasteiger partial charge in [0.1, 0.15) is 49.3 Å². The molecule has 0 aromatic heterocycles. The van der Waals surface area contributed by atoms with E-state index >= 15 is 0 Å². The average Bonchev–Trinajstić information content (AvgIpc) is 3.05. The number of aliphatic hydroxyl groups excluding tert-OH is 5. The normalized spacial score (nSPS) is 30.6. The molecule has 10 atom stereocenters.